The van der Waals surface area contributed by atoms with Crippen molar-refractivity contribution in [1.29, 1.82) is 0 Å². The van der Waals surface area contributed by atoms with Gasteiger partial charge in [0.2, 0.25) is 0 Å². The van der Waals surface area contributed by atoms with Gasteiger partial charge in [-0.2, -0.15) is 0 Å². The summed E-state index contributed by atoms with van der Waals surface area (Å²) in [6.45, 7) is 0.0591. The molecule has 1 fully saturated rings. The molecule has 0 radical (unpaired) electrons. The highest BCUT2D eigenvalue weighted by Crippen LogP contribution is 2.26. The molecular weight excluding hydrogens is 266 g/mol. The number of hydrogen-bond donors (Lipinski definition) is 2. The fourth-order valence-corrected chi connectivity index (χ4v) is 3.51. The number of rotatable bonds is 5. The number of hydrogen-bond acceptors (Lipinski definition) is 4. The number of aromatic nitrogens is 2. The van der Waals surface area contributed by atoms with Crippen LogP contribution in [0, 0.1) is 5.92 Å². The highest BCUT2D eigenvalue weighted by atomic mass is 32.2. The first-order valence-electron chi connectivity index (χ1n) is 6.65. The zero-order chi connectivity index (χ0) is 13.9. The molecule has 108 valence electrons. The topological polar surface area (TPSA) is 84.2 Å². The number of aryl methyl sites for hydroxylation is 1. The average Bonchev–Trinajstić information content (AvgIpc) is 2.85. The second-order valence-electron chi connectivity index (χ2n) is 5.19. The van der Waals surface area contributed by atoms with Crippen molar-refractivity contribution in [2.75, 3.05) is 6.54 Å². The maximum Gasteiger partial charge on any atom is 0.259 e. The lowest BCUT2D eigenvalue weighted by atomic mass is 9.85. The summed E-state index contributed by atoms with van der Waals surface area (Å²) in [5.41, 5.74) is 0. The van der Waals surface area contributed by atoms with Gasteiger partial charge in [-0.1, -0.05) is 19.3 Å². The van der Waals surface area contributed by atoms with Gasteiger partial charge in [0.05, 0.1) is 12.4 Å². The quantitative estimate of drug-likeness (QED) is 0.832. The van der Waals surface area contributed by atoms with Gasteiger partial charge < -0.3 is 9.67 Å². The molecule has 0 aromatic carbocycles. The first-order valence-corrected chi connectivity index (χ1v) is 8.13. The molecule has 0 saturated heterocycles. The Morgan fingerprint density at radius 2 is 2.16 bits per heavy atom. The summed E-state index contributed by atoms with van der Waals surface area (Å²) in [4.78, 5) is 3.81. The largest absolute Gasteiger partial charge is 0.391 e. The lowest BCUT2D eigenvalue weighted by molar-refractivity contribution is 0.0888. The van der Waals surface area contributed by atoms with Crippen molar-refractivity contribution in [2.24, 2.45) is 13.0 Å². The molecule has 0 amide bonds. The van der Waals surface area contributed by atoms with Crippen LogP contribution in [-0.4, -0.2) is 35.7 Å². The molecule has 1 aliphatic rings. The fourth-order valence-electron chi connectivity index (χ4n) is 2.48. The van der Waals surface area contributed by atoms with Crippen LogP contribution < -0.4 is 4.72 Å². The lowest BCUT2D eigenvalue weighted by Crippen LogP contribution is -2.37. The standard InChI is InChI=1S/C12H21N3O3S/c1-15-8-12(13-9-15)19(17,18)14-7-11(16)10-5-3-2-4-6-10/h8-11,14,16H,2-7H2,1H3. The van der Waals surface area contributed by atoms with E-state index in [-0.39, 0.29) is 17.5 Å². The van der Waals surface area contributed by atoms with Crippen LogP contribution in [0.2, 0.25) is 0 Å². The van der Waals surface area contributed by atoms with Crippen molar-refractivity contribution in [1.82, 2.24) is 14.3 Å². The van der Waals surface area contributed by atoms with E-state index in [9.17, 15) is 13.5 Å². The Morgan fingerprint density at radius 1 is 1.47 bits per heavy atom. The third-order valence-corrected chi connectivity index (χ3v) is 4.94. The Morgan fingerprint density at radius 3 is 2.74 bits per heavy atom. The Bertz CT molecular complexity index is 506. The lowest BCUT2D eigenvalue weighted by Gasteiger charge is -2.26. The molecule has 1 aromatic heterocycles. The van der Waals surface area contributed by atoms with Crippen LogP contribution in [0.5, 0.6) is 0 Å². The van der Waals surface area contributed by atoms with E-state index >= 15 is 0 Å². The Kier molecular flexibility index (Phi) is 4.59. The summed E-state index contributed by atoms with van der Waals surface area (Å²) >= 11 is 0. The van der Waals surface area contributed by atoms with Gasteiger partial charge in [-0.15, -0.1) is 0 Å². The molecule has 0 spiro atoms. The number of sulfonamides is 1. The molecule has 0 bridgehead atoms. The summed E-state index contributed by atoms with van der Waals surface area (Å²) in [5, 5.41) is 10.0. The van der Waals surface area contributed by atoms with Gasteiger partial charge in [0, 0.05) is 19.8 Å². The minimum atomic E-state index is -3.62. The maximum absolute atomic E-state index is 11.9. The van der Waals surface area contributed by atoms with E-state index in [0.29, 0.717) is 0 Å². The smallest absolute Gasteiger partial charge is 0.259 e. The van der Waals surface area contributed by atoms with Gasteiger partial charge >= 0.3 is 0 Å². The summed E-state index contributed by atoms with van der Waals surface area (Å²) in [6.07, 6.45) is 7.67. The molecular formula is C12H21N3O3S. The molecule has 2 rings (SSSR count). The SMILES string of the molecule is Cn1cnc(S(=O)(=O)NCC(O)C2CCCCC2)c1. The summed E-state index contributed by atoms with van der Waals surface area (Å²) in [6, 6.07) is 0. The molecule has 1 saturated carbocycles. The van der Waals surface area contributed by atoms with Crippen LogP contribution in [0.4, 0.5) is 0 Å². The van der Waals surface area contributed by atoms with Gasteiger partial charge in [-0.3, -0.25) is 0 Å². The van der Waals surface area contributed by atoms with Gasteiger partial charge in [0.1, 0.15) is 0 Å². The van der Waals surface area contributed by atoms with Crippen LogP contribution in [0.25, 0.3) is 0 Å². The van der Waals surface area contributed by atoms with Crippen molar-refractivity contribution in [3.8, 4) is 0 Å². The molecule has 0 aliphatic heterocycles. The van der Waals surface area contributed by atoms with Crippen molar-refractivity contribution in [3.63, 3.8) is 0 Å². The van der Waals surface area contributed by atoms with Crippen LogP contribution in [0.15, 0.2) is 17.6 Å². The monoisotopic (exact) mass is 287 g/mol. The van der Waals surface area contributed by atoms with E-state index in [4.69, 9.17) is 0 Å². The second-order valence-corrected chi connectivity index (χ2v) is 6.91. The Balaban J connectivity index is 1.90. The minimum absolute atomic E-state index is 0.00848. The minimum Gasteiger partial charge on any atom is -0.391 e. The van der Waals surface area contributed by atoms with Gasteiger partial charge in [0.25, 0.3) is 10.0 Å². The molecule has 2 N–H and O–H groups in total. The molecule has 6 nitrogen and oxygen atoms in total. The third kappa shape index (κ3) is 3.77. The number of aliphatic hydroxyl groups excluding tert-OH is 1. The zero-order valence-corrected chi connectivity index (χ0v) is 11.9. The van der Waals surface area contributed by atoms with Gasteiger partial charge in [-0.25, -0.2) is 18.1 Å². The van der Waals surface area contributed by atoms with Gasteiger partial charge in [-0.05, 0) is 18.8 Å². The molecule has 1 atom stereocenters. The van der Waals surface area contributed by atoms with E-state index in [0.717, 1.165) is 25.7 Å². The number of imidazole rings is 1. The van der Waals surface area contributed by atoms with Crippen molar-refractivity contribution in [3.05, 3.63) is 12.5 Å². The van der Waals surface area contributed by atoms with E-state index in [1.807, 2.05) is 0 Å². The predicted molar refractivity (Wildman–Crippen MR) is 71.0 cm³/mol. The van der Waals surface area contributed by atoms with Crippen molar-refractivity contribution in [2.45, 2.75) is 43.2 Å². The second kappa shape index (κ2) is 6.02. The summed E-state index contributed by atoms with van der Waals surface area (Å²) in [7, 11) is -1.90. The summed E-state index contributed by atoms with van der Waals surface area (Å²) in [5.74, 6) is 0.209. The van der Waals surface area contributed by atoms with E-state index in [1.54, 1.807) is 11.6 Å². The van der Waals surface area contributed by atoms with Crippen LogP contribution in [0.3, 0.4) is 0 Å². The van der Waals surface area contributed by atoms with E-state index < -0.39 is 16.1 Å². The van der Waals surface area contributed by atoms with E-state index in [1.165, 1.54) is 18.9 Å². The van der Waals surface area contributed by atoms with Crippen molar-refractivity contribution >= 4 is 10.0 Å². The van der Waals surface area contributed by atoms with Crippen LogP contribution in [0.1, 0.15) is 32.1 Å². The maximum atomic E-state index is 11.9. The zero-order valence-electron chi connectivity index (χ0n) is 11.1. The molecule has 7 heteroatoms. The molecule has 1 heterocycles. The van der Waals surface area contributed by atoms with Crippen LogP contribution in [-0.2, 0) is 17.1 Å². The summed E-state index contributed by atoms with van der Waals surface area (Å²) < 4.78 is 27.9. The normalized spacial score (nSPS) is 19.5. The van der Waals surface area contributed by atoms with E-state index in [2.05, 4.69) is 9.71 Å². The molecule has 1 aromatic rings. The van der Waals surface area contributed by atoms with Gasteiger partial charge in [0.15, 0.2) is 5.03 Å². The Labute approximate surface area is 113 Å². The average molecular weight is 287 g/mol. The first kappa shape index (κ1) is 14.5. The fraction of sp³-hybridized carbons (Fsp3) is 0.750. The highest BCUT2D eigenvalue weighted by Gasteiger charge is 2.24. The molecule has 1 unspecified atom stereocenters. The highest BCUT2D eigenvalue weighted by molar-refractivity contribution is 7.89. The number of nitrogens with zero attached hydrogens (tertiary/aromatic N) is 2. The first-order chi connectivity index (χ1) is 8.99. The number of aliphatic hydroxyl groups is 1. The third-order valence-electron chi connectivity index (χ3n) is 3.63. The number of nitrogens with one attached hydrogen (secondary N) is 1. The predicted octanol–water partition coefficient (Wildman–Crippen LogP) is 0.640. The van der Waals surface area contributed by atoms with Crippen LogP contribution >= 0.6 is 0 Å². The van der Waals surface area contributed by atoms with Crippen molar-refractivity contribution < 1.29 is 13.5 Å². The Hall–Kier alpha value is -0.920. The molecule has 19 heavy (non-hydrogen) atoms. The molecule has 1 aliphatic carbocycles.